The van der Waals surface area contributed by atoms with Gasteiger partial charge in [-0.3, -0.25) is 9.36 Å². The Bertz CT molecular complexity index is 1180. The number of nitrogens with one attached hydrogen (secondary N) is 1. The van der Waals surface area contributed by atoms with Crippen LogP contribution in [0.3, 0.4) is 0 Å². The second kappa shape index (κ2) is 10.7. The molecule has 1 fully saturated rings. The Hall–Kier alpha value is -3.70. The topological polar surface area (TPSA) is 89.2 Å². The van der Waals surface area contributed by atoms with E-state index in [0.29, 0.717) is 35.0 Å². The summed E-state index contributed by atoms with van der Waals surface area (Å²) in [6, 6.07) is 8.88. The predicted molar refractivity (Wildman–Crippen MR) is 126 cm³/mol. The van der Waals surface area contributed by atoms with Gasteiger partial charge in [-0.25, -0.2) is 4.39 Å². The summed E-state index contributed by atoms with van der Waals surface area (Å²) in [5, 5.41) is 12.4. The van der Waals surface area contributed by atoms with Gasteiger partial charge in [0.2, 0.25) is 0 Å². The molecule has 172 valence electrons. The standard InChI is InChI=1S/C25H27FN4O3/c1-5-18(13-27)21(26)12-16(2)23-22(19-6-8-20(32-4)9-7-19)24(31)30(3)25(29-23)33-15-17-10-11-28-14-17/h5-9,12,17,28H,1,10-11,14-15H2,2-4H3/b16-12+,21-18-. The molecule has 0 amide bonds. The van der Waals surface area contributed by atoms with E-state index in [-0.39, 0.29) is 22.8 Å². The van der Waals surface area contributed by atoms with Crippen LogP contribution in [0, 0.1) is 17.2 Å². The van der Waals surface area contributed by atoms with Gasteiger partial charge in [0, 0.05) is 19.5 Å². The lowest BCUT2D eigenvalue weighted by molar-refractivity contribution is 0.230. The van der Waals surface area contributed by atoms with Crippen molar-refractivity contribution in [1.82, 2.24) is 14.9 Å². The molecule has 3 rings (SSSR count). The highest BCUT2D eigenvalue weighted by molar-refractivity contribution is 5.79. The average molecular weight is 451 g/mol. The smallest absolute Gasteiger partial charge is 0.299 e. The van der Waals surface area contributed by atoms with Crippen LogP contribution in [0.5, 0.6) is 11.8 Å². The molecule has 7 nitrogen and oxygen atoms in total. The van der Waals surface area contributed by atoms with Gasteiger partial charge >= 0.3 is 0 Å². The lowest BCUT2D eigenvalue weighted by Crippen LogP contribution is -2.26. The van der Waals surface area contributed by atoms with E-state index in [0.717, 1.165) is 25.6 Å². The number of rotatable bonds is 8. The van der Waals surface area contributed by atoms with Crippen molar-refractivity contribution in [3.8, 4) is 29.0 Å². The zero-order valence-electron chi connectivity index (χ0n) is 19.0. The number of hydrogen-bond donors (Lipinski definition) is 1. The molecule has 0 spiro atoms. The number of hydrogen-bond acceptors (Lipinski definition) is 6. The SMILES string of the molecule is C=C/C(C#N)=C(F)\C=C(/C)c1nc(OCC2CCNC2)n(C)c(=O)c1-c1ccc(OC)cc1. The first-order chi connectivity index (χ1) is 15.9. The minimum absolute atomic E-state index is 0.153. The molecule has 1 aliphatic rings. The molecular formula is C25H27FN4O3. The van der Waals surface area contributed by atoms with Gasteiger partial charge in [0.15, 0.2) is 0 Å². The van der Waals surface area contributed by atoms with Crippen LogP contribution >= 0.6 is 0 Å². The van der Waals surface area contributed by atoms with E-state index < -0.39 is 5.83 Å². The Morgan fingerprint density at radius 3 is 2.73 bits per heavy atom. The van der Waals surface area contributed by atoms with Crippen molar-refractivity contribution in [3.05, 3.63) is 70.4 Å². The van der Waals surface area contributed by atoms with E-state index >= 15 is 0 Å². The molecule has 1 atom stereocenters. The fraction of sp³-hybridized carbons (Fsp3) is 0.320. The molecule has 1 aromatic carbocycles. The molecule has 1 aliphatic heterocycles. The molecule has 1 saturated heterocycles. The van der Waals surface area contributed by atoms with Gasteiger partial charge in [-0.05, 0) is 55.3 Å². The van der Waals surface area contributed by atoms with E-state index in [1.165, 1.54) is 10.6 Å². The number of halogens is 1. The molecule has 2 heterocycles. The van der Waals surface area contributed by atoms with Gasteiger partial charge in [0.25, 0.3) is 11.6 Å². The second-order valence-electron chi connectivity index (χ2n) is 7.79. The van der Waals surface area contributed by atoms with Crippen LogP contribution in [0.25, 0.3) is 16.7 Å². The normalized spacial score (nSPS) is 16.7. The van der Waals surface area contributed by atoms with Gasteiger partial charge in [0.05, 0.1) is 30.5 Å². The first-order valence-corrected chi connectivity index (χ1v) is 10.6. The number of allylic oxidation sites excluding steroid dienone is 5. The summed E-state index contributed by atoms with van der Waals surface area (Å²) in [4.78, 5) is 18.0. The maximum atomic E-state index is 14.6. The fourth-order valence-electron chi connectivity index (χ4n) is 3.60. The maximum absolute atomic E-state index is 14.6. The molecule has 1 unspecified atom stereocenters. The number of nitrogens with zero attached hydrogens (tertiary/aromatic N) is 3. The highest BCUT2D eigenvalue weighted by atomic mass is 19.1. The number of methoxy groups -OCH3 is 1. The highest BCUT2D eigenvalue weighted by Crippen LogP contribution is 2.29. The Kier molecular flexibility index (Phi) is 7.80. The highest BCUT2D eigenvalue weighted by Gasteiger charge is 2.21. The maximum Gasteiger partial charge on any atom is 0.299 e. The number of nitriles is 1. The summed E-state index contributed by atoms with van der Waals surface area (Å²) in [6.45, 7) is 7.29. The van der Waals surface area contributed by atoms with Crippen LogP contribution in [0.1, 0.15) is 19.0 Å². The van der Waals surface area contributed by atoms with Crippen molar-refractivity contribution in [3.63, 3.8) is 0 Å². The Balaban J connectivity index is 2.15. The molecule has 0 saturated carbocycles. The molecule has 0 aliphatic carbocycles. The molecule has 33 heavy (non-hydrogen) atoms. The van der Waals surface area contributed by atoms with E-state index in [2.05, 4.69) is 16.9 Å². The number of ether oxygens (including phenoxy) is 2. The quantitative estimate of drug-likeness (QED) is 0.486. The van der Waals surface area contributed by atoms with Crippen LogP contribution < -0.4 is 20.3 Å². The van der Waals surface area contributed by atoms with Crippen LogP contribution in [-0.2, 0) is 7.05 Å². The van der Waals surface area contributed by atoms with Crippen LogP contribution in [0.2, 0.25) is 0 Å². The summed E-state index contributed by atoms with van der Waals surface area (Å²) < 4.78 is 27.1. The third-order valence-electron chi connectivity index (χ3n) is 5.54. The zero-order chi connectivity index (χ0) is 24.0. The van der Waals surface area contributed by atoms with Crippen molar-refractivity contribution in [2.75, 3.05) is 26.8 Å². The van der Waals surface area contributed by atoms with E-state index in [9.17, 15) is 9.18 Å². The molecule has 1 aromatic heterocycles. The van der Waals surface area contributed by atoms with Gasteiger partial charge < -0.3 is 14.8 Å². The minimum atomic E-state index is -0.757. The van der Waals surface area contributed by atoms with Crippen molar-refractivity contribution in [2.24, 2.45) is 13.0 Å². The number of aromatic nitrogens is 2. The zero-order valence-corrected chi connectivity index (χ0v) is 19.0. The van der Waals surface area contributed by atoms with Gasteiger partial charge in [-0.2, -0.15) is 10.2 Å². The number of benzene rings is 1. The second-order valence-corrected chi connectivity index (χ2v) is 7.79. The van der Waals surface area contributed by atoms with Crippen LogP contribution in [0.15, 0.2) is 59.2 Å². The molecular weight excluding hydrogens is 423 g/mol. The predicted octanol–water partition coefficient (Wildman–Crippen LogP) is 3.78. The van der Waals surface area contributed by atoms with Crippen molar-refractivity contribution in [2.45, 2.75) is 13.3 Å². The van der Waals surface area contributed by atoms with E-state index in [4.69, 9.17) is 14.7 Å². The largest absolute Gasteiger partial charge is 0.497 e. The Labute approximate surface area is 192 Å². The van der Waals surface area contributed by atoms with Crippen molar-refractivity contribution in [1.29, 1.82) is 5.26 Å². The summed E-state index contributed by atoms with van der Waals surface area (Å²) in [5.41, 5.74) is 1.03. The summed E-state index contributed by atoms with van der Waals surface area (Å²) in [5.74, 6) is 0.211. The lowest BCUT2D eigenvalue weighted by atomic mass is 10.0. The van der Waals surface area contributed by atoms with E-state index in [1.54, 1.807) is 51.4 Å². The van der Waals surface area contributed by atoms with Gasteiger partial charge in [-0.1, -0.05) is 18.7 Å². The molecule has 2 aromatic rings. The van der Waals surface area contributed by atoms with Crippen molar-refractivity contribution < 1.29 is 13.9 Å². The van der Waals surface area contributed by atoms with E-state index in [1.807, 2.05) is 0 Å². The van der Waals surface area contributed by atoms with Gasteiger partial charge in [0.1, 0.15) is 17.6 Å². The van der Waals surface area contributed by atoms with Gasteiger partial charge in [-0.15, -0.1) is 0 Å². The molecule has 0 bridgehead atoms. The molecule has 8 heteroatoms. The summed E-state index contributed by atoms with van der Waals surface area (Å²) >= 11 is 0. The third-order valence-corrected chi connectivity index (χ3v) is 5.54. The monoisotopic (exact) mass is 450 g/mol. The van der Waals surface area contributed by atoms with Crippen LogP contribution in [0.4, 0.5) is 4.39 Å². The first-order valence-electron chi connectivity index (χ1n) is 10.6. The minimum Gasteiger partial charge on any atom is -0.497 e. The fourth-order valence-corrected chi connectivity index (χ4v) is 3.60. The molecule has 0 radical (unpaired) electrons. The van der Waals surface area contributed by atoms with Crippen molar-refractivity contribution >= 4 is 5.57 Å². The average Bonchev–Trinajstić information content (AvgIpc) is 3.34. The van der Waals surface area contributed by atoms with Crippen LogP contribution in [-0.4, -0.2) is 36.4 Å². The molecule has 1 N–H and O–H groups in total. The summed E-state index contributed by atoms with van der Waals surface area (Å²) in [7, 11) is 3.15. The third kappa shape index (κ3) is 5.38. The summed E-state index contributed by atoms with van der Waals surface area (Å²) in [6.07, 6.45) is 3.31. The lowest BCUT2D eigenvalue weighted by Gasteiger charge is -2.17. The Morgan fingerprint density at radius 1 is 1.42 bits per heavy atom. The first kappa shape index (κ1) is 24.0. The Morgan fingerprint density at radius 2 is 2.15 bits per heavy atom.